The Hall–Kier alpha value is -3.64. The summed E-state index contributed by atoms with van der Waals surface area (Å²) >= 11 is 6.87. The minimum Gasteiger partial charge on any atom is -0.395 e. The minimum atomic E-state index is 0.123. The number of nitriles is 2. The van der Waals surface area contributed by atoms with E-state index in [1.165, 1.54) is 10.7 Å². The Morgan fingerprint density at radius 2 is 2.03 bits per heavy atom. The molecule has 2 aromatic heterocycles. The molecule has 1 aliphatic heterocycles. The number of piperazine rings is 1. The Morgan fingerprint density at radius 3 is 2.71 bits per heavy atom. The maximum atomic E-state index is 9.69. The number of fused-ring (bicyclic) bond motifs is 1. The fourth-order valence-electron chi connectivity index (χ4n) is 4.35. The van der Waals surface area contributed by atoms with Gasteiger partial charge in [-0.05, 0) is 31.9 Å². The van der Waals surface area contributed by atoms with Gasteiger partial charge in [0.25, 0.3) is 0 Å². The predicted molar refractivity (Wildman–Crippen MR) is 132 cm³/mol. The number of hydrogen-bond donors (Lipinski definition) is 3. The van der Waals surface area contributed by atoms with Crippen LogP contribution in [0.4, 0.5) is 23.3 Å². The quantitative estimate of drug-likeness (QED) is 0.449. The van der Waals surface area contributed by atoms with Crippen LogP contribution in [0.5, 0.6) is 0 Å². The zero-order valence-corrected chi connectivity index (χ0v) is 20.0. The lowest BCUT2D eigenvalue weighted by Crippen LogP contribution is -2.52. The van der Waals surface area contributed by atoms with Crippen LogP contribution in [0.25, 0.3) is 5.65 Å². The molecule has 3 heterocycles. The van der Waals surface area contributed by atoms with Crippen molar-refractivity contribution in [2.75, 3.05) is 48.3 Å². The van der Waals surface area contributed by atoms with Crippen molar-refractivity contribution in [3.63, 3.8) is 0 Å². The maximum absolute atomic E-state index is 9.69. The van der Waals surface area contributed by atoms with E-state index in [4.69, 9.17) is 11.6 Å². The lowest BCUT2D eigenvalue weighted by Gasteiger charge is -2.41. The summed E-state index contributed by atoms with van der Waals surface area (Å²) in [5, 5.41) is 39.6. The summed E-state index contributed by atoms with van der Waals surface area (Å²) in [6.45, 7) is 5.14. The average Bonchev–Trinajstić information content (AvgIpc) is 3.57. The number of rotatable bonds is 7. The third kappa shape index (κ3) is 4.66. The standard InChI is InChI=1S/C23H25ClN10O/c1-14-13-32(6-7-35)4-5-33(14)19-9-15(10-25)8-18(20(19)24)29-22-30-21-16(11-26)12-27-34(21)23(31-22)28-17-2-3-17/h8-9,12,14,17,35H,2-7,13H2,1H3,(H2,28,29,30,31)/t14-/m0/s1. The molecule has 12 heteroatoms. The molecule has 0 radical (unpaired) electrons. The van der Waals surface area contributed by atoms with Crippen LogP contribution < -0.4 is 15.5 Å². The molecule has 1 aliphatic carbocycles. The zero-order valence-electron chi connectivity index (χ0n) is 19.2. The summed E-state index contributed by atoms with van der Waals surface area (Å²) in [5.74, 6) is 0.740. The first-order chi connectivity index (χ1) is 17.0. The van der Waals surface area contributed by atoms with Gasteiger partial charge in [0.05, 0.1) is 40.8 Å². The van der Waals surface area contributed by atoms with E-state index in [1.54, 1.807) is 12.1 Å². The molecule has 3 N–H and O–H groups in total. The summed E-state index contributed by atoms with van der Waals surface area (Å²) in [6, 6.07) is 8.25. The second-order valence-electron chi connectivity index (χ2n) is 8.86. The van der Waals surface area contributed by atoms with Crippen LogP contribution in [-0.4, -0.2) is 74.5 Å². The van der Waals surface area contributed by atoms with E-state index in [0.717, 1.165) is 31.6 Å². The molecule has 35 heavy (non-hydrogen) atoms. The van der Waals surface area contributed by atoms with E-state index in [0.29, 0.717) is 52.6 Å². The van der Waals surface area contributed by atoms with Gasteiger partial charge in [0.15, 0.2) is 5.65 Å². The van der Waals surface area contributed by atoms with E-state index in [1.807, 2.05) is 0 Å². The van der Waals surface area contributed by atoms with Gasteiger partial charge >= 0.3 is 0 Å². The topological polar surface area (TPSA) is 141 Å². The van der Waals surface area contributed by atoms with Gasteiger partial charge in [0, 0.05) is 38.3 Å². The molecule has 2 aliphatic rings. The van der Waals surface area contributed by atoms with Crippen molar-refractivity contribution in [3.05, 3.63) is 34.5 Å². The summed E-state index contributed by atoms with van der Waals surface area (Å²) in [5.41, 5.74) is 2.43. The van der Waals surface area contributed by atoms with Gasteiger partial charge in [0.2, 0.25) is 11.9 Å². The lowest BCUT2D eigenvalue weighted by atomic mass is 10.1. The van der Waals surface area contributed by atoms with Crippen molar-refractivity contribution in [2.45, 2.75) is 31.8 Å². The van der Waals surface area contributed by atoms with Crippen LogP contribution in [0.2, 0.25) is 5.02 Å². The highest BCUT2D eigenvalue weighted by Gasteiger charge is 2.27. The van der Waals surface area contributed by atoms with Crippen LogP contribution in [0, 0.1) is 22.7 Å². The molecular weight excluding hydrogens is 468 g/mol. The summed E-state index contributed by atoms with van der Waals surface area (Å²) in [4.78, 5) is 13.5. The Morgan fingerprint density at radius 1 is 1.20 bits per heavy atom. The number of halogens is 1. The van der Waals surface area contributed by atoms with E-state index in [9.17, 15) is 15.6 Å². The first kappa shape index (κ1) is 23.1. The highest BCUT2D eigenvalue weighted by Crippen LogP contribution is 2.37. The van der Waals surface area contributed by atoms with Crippen molar-refractivity contribution in [1.82, 2.24) is 24.5 Å². The molecule has 0 bridgehead atoms. The normalized spacial score (nSPS) is 18.3. The van der Waals surface area contributed by atoms with Gasteiger partial charge < -0.3 is 20.6 Å². The summed E-state index contributed by atoms with van der Waals surface area (Å²) in [6.07, 6.45) is 3.55. The number of aliphatic hydroxyl groups is 1. The van der Waals surface area contributed by atoms with Crippen LogP contribution in [0.15, 0.2) is 18.3 Å². The molecule has 0 unspecified atom stereocenters. The number of anilines is 4. The first-order valence-corrected chi connectivity index (χ1v) is 11.9. The number of aromatic nitrogens is 4. The van der Waals surface area contributed by atoms with Crippen molar-refractivity contribution < 1.29 is 5.11 Å². The fraction of sp³-hybridized carbons (Fsp3) is 0.435. The largest absolute Gasteiger partial charge is 0.395 e. The molecular formula is C23H25ClN10O. The van der Waals surface area contributed by atoms with Crippen molar-refractivity contribution >= 4 is 40.5 Å². The molecule has 11 nitrogen and oxygen atoms in total. The van der Waals surface area contributed by atoms with E-state index < -0.39 is 0 Å². The van der Waals surface area contributed by atoms with E-state index >= 15 is 0 Å². The molecule has 5 rings (SSSR count). The number of benzene rings is 1. The molecule has 1 atom stereocenters. The SMILES string of the molecule is C[C@H]1CN(CCO)CCN1c1cc(C#N)cc(Nc2nc(NC3CC3)n3ncc(C#N)c3n2)c1Cl. The van der Waals surface area contributed by atoms with Crippen LogP contribution >= 0.6 is 11.6 Å². The Labute approximate surface area is 207 Å². The third-order valence-electron chi connectivity index (χ3n) is 6.27. The summed E-state index contributed by atoms with van der Waals surface area (Å²) in [7, 11) is 0. The van der Waals surface area contributed by atoms with Gasteiger partial charge in [-0.1, -0.05) is 11.6 Å². The molecule has 180 valence electrons. The molecule has 1 aromatic carbocycles. The van der Waals surface area contributed by atoms with Gasteiger partial charge in [-0.25, -0.2) is 0 Å². The number of aliphatic hydroxyl groups excluding tert-OH is 1. The zero-order chi connectivity index (χ0) is 24.5. The predicted octanol–water partition coefficient (Wildman–Crippen LogP) is 2.34. The van der Waals surface area contributed by atoms with E-state index in [-0.39, 0.29) is 18.6 Å². The second kappa shape index (κ2) is 9.55. The average molecular weight is 493 g/mol. The Balaban J connectivity index is 1.50. The molecule has 0 amide bonds. The monoisotopic (exact) mass is 492 g/mol. The fourth-order valence-corrected chi connectivity index (χ4v) is 4.61. The number of nitrogens with one attached hydrogen (secondary N) is 2. The van der Waals surface area contributed by atoms with Crippen molar-refractivity contribution in [1.29, 1.82) is 10.5 Å². The highest BCUT2D eigenvalue weighted by molar-refractivity contribution is 6.36. The van der Waals surface area contributed by atoms with Gasteiger partial charge in [0.1, 0.15) is 11.6 Å². The molecule has 1 saturated heterocycles. The van der Waals surface area contributed by atoms with Crippen LogP contribution in [0.1, 0.15) is 30.9 Å². The number of β-amino-alcohol motifs (C(OH)–C–C–N with tert-alkyl or cyclic N) is 1. The maximum Gasteiger partial charge on any atom is 0.232 e. The van der Waals surface area contributed by atoms with E-state index in [2.05, 4.69) is 54.6 Å². The number of nitrogens with zero attached hydrogens (tertiary/aromatic N) is 8. The van der Waals surface area contributed by atoms with Crippen LogP contribution in [0.3, 0.4) is 0 Å². The number of hydrogen-bond acceptors (Lipinski definition) is 10. The summed E-state index contributed by atoms with van der Waals surface area (Å²) < 4.78 is 1.52. The highest BCUT2D eigenvalue weighted by atomic mass is 35.5. The van der Waals surface area contributed by atoms with Gasteiger partial charge in [-0.3, -0.25) is 4.90 Å². The Bertz CT molecular complexity index is 1340. The van der Waals surface area contributed by atoms with Crippen molar-refractivity contribution in [2.24, 2.45) is 0 Å². The Kier molecular flexibility index (Phi) is 6.31. The third-order valence-corrected chi connectivity index (χ3v) is 6.66. The van der Waals surface area contributed by atoms with Crippen LogP contribution in [-0.2, 0) is 0 Å². The van der Waals surface area contributed by atoms with Gasteiger partial charge in [-0.2, -0.15) is 30.1 Å². The van der Waals surface area contributed by atoms with Gasteiger partial charge in [-0.15, -0.1) is 0 Å². The smallest absolute Gasteiger partial charge is 0.232 e. The second-order valence-corrected chi connectivity index (χ2v) is 9.23. The molecule has 0 spiro atoms. The lowest BCUT2D eigenvalue weighted by molar-refractivity contribution is 0.174. The first-order valence-electron chi connectivity index (χ1n) is 11.5. The molecule has 2 fully saturated rings. The minimum absolute atomic E-state index is 0.123. The molecule has 3 aromatic rings. The van der Waals surface area contributed by atoms with Crippen molar-refractivity contribution in [3.8, 4) is 12.1 Å². The molecule has 1 saturated carbocycles.